The maximum absolute atomic E-state index is 13.8. The van der Waals surface area contributed by atoms with E-state index in [-0.39, 0.29) is 10.6 Å². The van der Waals surface area contributed by atoms with E-state index in [0.29, 0.717) is 10.6 Å². The monoisotopic (exact) mass is 328 g/mol. The normalized spacial score (nSPS) is 12.2. The van der Waals surface area contributed by atoms with E-state index < -0.39 is 0 Å². The SMILES string of the molecule is COc1ccc(C(Br)c2ccc(Cl)cc2F)cc1. The third-order valence-corrected chi connectivity index (χ3v) is 3.90. The molecule has 0 fully saturated rings. The zero-order chi connectivity index (χ0) is 13.1. The Labute approximate surface area is 119 Å². The first kappa shape index (κ1) is 13.4. The molecule has 2 aromatic carbocycles. The Bertz CT molecular complexity index is 542. The van der Waals surface area contributed by atoms with Gasteiger partial charge in [-0.3, -0.25) is 0 Å². The van der Waals surface area contributed by atoms with E-state index in [4.69, 9.17) is 16.3 Å². The van der Waals surface area contributed by atoms with Gasteiger partial charge in [-0.1, -0.05) is 45.7 Å². The van der Waals surface area contributed by atoms with Crippen molar-refractivity contribution in [2.45, 2.75) is 4.83 Å². The zero-order valence-corrected chi connectivity index (χ0v) is 12.0. The van der Waals surface area contributed by atoms with Crippen LogP contribution in [0.3, 0.4) is 0 Å². The minimum Gasteiger partial charge on any atom is -0.497 e. The molecule has 0 radical (unpaired) electrons. The van der Waals surface area contributed by atoms with Crippen molar-refractivity contribution < 1.29 is 9.13 Å². The molecular formula is C14H11BrClFO. The van der Waals surface area contributed by atoms with Gasteiger partial charge < -0.3 is 4.74 Å². The number of hydrogen-bond acceptors (Lipinski definition) is 1. The Balaban J connectivity index is 2.31. The molecular weight excluding hydrogens is 319 g/mol. The van der Waals surface area contributed by atoms with Crippen LogP contribution in [-0.4, -0.2) is 7.11 Å². The number of alkyl halides is 1. The van der Waals surface area contributed by atoms with Crippen LogP contribution >= 0.6 is 27.5 Å². The fourth-order valence-corrected chi connectivity index (χ4v) is 2.49. The van der Waals surface area contributed by atoms with Crippen molar-refractivity contribution in [3.05, 3.63) is 64.4 Å². The lowest BCUT2D eigenvalue weighted by molar-refractivity contribution is 0.414. The third-order valence-electron chi connectivity index (χ3n) is 2.64. The molecule has 2 rings (SSSR count). The van der Waals surface area contributed by atoms with Crippen LogP contribution in [0.15, 0.2) is 42.5 Å². The molecule has 0 aliphatic rings. The molecule has 2 aromatic rings. The topological polar surface area (TPSA) is 9.23 Å². The standard InChI is InChI=1S/C14H11BrClFO/c1-18-11-5-2-9(3-6-11)14(15)12-7-4-10(16)8-13(12)17/h2-8,14H,1H3. The molecule has 1 atom stereocenters. The van der Waals surface area contributed by atoms with Gasteiger partial charge in [0.05, 0.1) is 11.9 Å². The van der Waals surface area contributed by atoms with Gasteiger partial charge in [0, 0.05) is 10.6 Å². The molecule has 0 aliphatic heterocycles. The van der Waals surface area contributed by atoms with Crippen molar-refractivity contribution in [3.8, 4) is 5.75 Å². The zero-order valence-electron chi connectivity index (χ0n) is 9.66. The van der Waals surface area contributed by atoms with Gasteiger partial charge in [0.15, 0.2) is 0 Å². The Hall–Kier alpha value is -1.06. The van der Waals surface area contributed by atoms with Crippen molar-refractivity contribution in [2.24, 2.45) is 0 Å². The van der Waals surface area contributed by atoms with Gasteiger partial charge in [-0.15, -0.1) is 0 Å². The summed E-state index contributed by atoms with van der Waals surface area (Å²) in [4.78, 5) is -0.208. The van der Waals surface area contributed by atoms with Crippen LogP contribution in [0.25, 0.3) is 0 Å². The van der Waals surface area contributed by atoms with E-state index in [9.17, 15) is 4.39 Å². The van der Waals surface area contributed by atoms with Gasteiger partial charge >= 0.3 is 0 Å². The van der Waals surface area contributed by atoms with Crippen molar-refractivity contribution in [2.75, 3.05) is 7.11 Å². The summed E-state index contributed by atoms with van der Waals surface area (Å²) in [6, 6.07) is 12.2. The van der Waals surface area contributed by atoms with Crippen molar-refractivity contribution in [3.63, 3.8) is 0 Å². The first-order valence-corrected chi connectivity index (χ1v) is 6.64. The predicted molar refractivity (Wildman–Crippen MR) is 75.2 cm³/mol. The lowest BCUT2D eigenvalue weighted by Gasteiger charge is -2.12. The highest BCUT2D eigenvalue weighted by Gasteiger charge is 2.15. The van der Waals surface area contributed by atoms with E-state index in [1.165, 1.54) is 6.07 Å². The summed E-state index contributed by atoms with van der Waals surface area (Å²) >= 11 is 9.23. The fourth-order valence-electron chi connectivity index (χ4n) is 1.66. The van der Waals surface area contributed by atoms with Gasteiger partial charge in [-0.05, 0) is 29.8 Å². The molecule has 0 aliphatic carbocycles. The van der Waals surface area contributed by atoms with Crippen LogP contribution in [0, 0.1) is 5.82 Å². The molecule has 0 spiro atoms. The Kier molecular flexibility index (Phi) is 4.25. The second-order valence-corrected chi connectivity index (χ2v) is 5.15. The molecule has 0 bridgehead atoms. The molecule has 94 valence electrons. The summed E-state index contributed by atoms with van der Waals surface area (Å²) < 4.78 is 18.9. The molecule has 0 saturated heterocycles. The maximum Gasteiger partial charge on any atom is 0.129 e. The summed E-state index contributed by atoms with van der Waals surface area (Å²) in [6.07, 6.45) is 0. The second kappa shape index (κ2) is 5.72. The number of benzene rings is 2. The van der Waals surface area contributed by atoms with Gasteiger partial charge in [0.1, 0.15) is 11.6 Å². The highest BCUT2D eigenvalue weighted by Crippen LogP contribution is 2.34. The molecule has 0 amide bonds. The summed E-state index contributed by atoms with van der Waals surface area (Å²) in [5.74, 6) is 0.454. The first-order chi connectivity index (χ1) is 8.61. The van der Waals surface area contributed by atoms with Crippen LogP contribution < -0.4 is 4.74 Å². The number of halogens is 3. The number of hydrogen-bond donors (Lipinski definition) is 0. The number of ether oxygens (including phenoxy) is 1. The van der Waals surface area contributed by atoms with E-state index in [1.54, 1.807) is 19.2 Å². The highest BCUT2D eigenvalue weighted by molar-refractivity contribution is 9.09. The van der Waals surface area contributed by atoms with Gasteiger partial charge in [-0.2, -0.15) is 0 Å². The minimum absolute atomic E-state index is 0.208. The van der Waals surface area contributed by atoms with E-state index >= 15 is 0 Å². The molecule has 18 heavy (non-hydrogen) atoms. The van der Waals surface area contributed by atoms with Crippen LogP contribution in [0.5, 0.6) is 5.75 Å². The molecule has 4 heteroatoms. The molecule has 1 nitrogen and oxygen atoms in total. The van der Waals surface area contributed by atoms with E-state index in [0.717, 1.165) is 11.3 Å². The highest BCUT2D eigenvalue weighted by atomic mass is 79.9. The molecule has 0 aromatic heterocycles. The maximum atomic E-state index is 13.8. The number of methoxy groups -OCH3 is 1. The quantitative estimate of drug-likeness (QED) is 0.722. The van der Waals surface area contributed by atoms with Crippen LogP contribution in [0.4, 0.5) is 4.39 Å². The van der Waals surface area contributed by atoms with Crippen molar-refractivity contribution in [1.29, 1.82) is 0 Å². The average Bonchev–Trinajstić information content (AvgIpc) is 2.38. The van der Waals surface area contributed by atoms with Gasteiger partial charge in [-0.25, -0.2) is 4.39 Å². The fraction of sp³-hybridized carbons (Fsp3) is 0.143. The first-order valence-electron chi connectivity index (χ1n) is 5.35. The average molecular weight is 330 g/mol. The summed E-state index contributed by atoms with van der Waals surface area (Å²) in [5, 5.41) is 0.394. The molecule has 1 unspecified atom stereocenters. The van der Waals surface area contributed by atoms with Gasteiger partial charge in [0.25, 0.3) is 0 Å². The van der Waals surface area contributed by atoms with E-state index in [1.807, 2.05) is 24.3 Å². The van der Waals surface area contributed by atoms with Crippen LogP contribution in [0.2, 0.25) is 5.02 Å². The largest absolute Gasteiger partial charge is 0.497 e. The van der Waals surface area contributed by atoms with Crippen LogP contribution in [-0.2, 0) is 0 Å². The number of rotatable bonds is 3. The lowest BCUT2D eigenvalue weighted by atomic mass is 10.0. The summed E-state index contributed by atoms with van der Waals surface area (Å²) in [5.41, 5.74) is 1.52. The van der Waals surface area contributed by atoms with Crippen molar-refractivity contribution in [1.82, 2.24) is 0 Å². The summed E-state index contributed by atoms with van der Waals surface area (Å²) in [7, 11) is 1.61. The third kappa shape index (κ3) is 2.85. The minimum atomic E-state index is -0.319. The summed E-state index contributed by atoms with van der Waals surface area (Å²) in [6.45, 7) is 0. The smallest absolute Gasteiger partial charge is 0.129 e. The van der Waals surface area contributed by atoms with Crippen LogP contribution in [0.1, 0.15) is 16.0 Å². The van der Waals surface area contributed by atoms with E-state index in [2.05, 4.69) is 15.9 Å². The molecule has 0 N–H and O–H groups in total. The van der Waals surface area contributed by atoms with Gasteiger partial charge in [0.2, 0.25) is 0 Å². The Morgan fingerprint density at radius 2 is 1.83 bits per heavy atom. The van der Waals surface area contributed by atoms with Crippen molar-refractivity contribution >= 4 is 27.5 Å². The Morgan fingerprint density at radius 1 is 1.17 bits per heavy atom. The molecule has 0 heterocycles. The Morgan fingerprint density at radius 3 is 2.39 bits per heavy atom. The molecule has 0 saturated carbocycles. The lowest BCUT2D eigenvalue weighted by Crippen LogP contribution is -1.96. The second-order valence-electron chi connectivity index (χ2n) is 3.80. The predicted octanol–water partition coefficient (Wildman–Crippen LogP) is 4.97.